The lowest BCUT2D eigenvalue weighted by Crippen LogP contribution is -2.62. The fourth-order valence-corrected chi connectivity index (χ4v) is 6.52. The van der Waals surface area contributed by atoms with Gasteiger partial charge in [0.2, 0.25) is 0 Å². The monoisotopic (exact) mass is 290 g/mol. The summed E-state index contributed by atoms with van der Waals surface area (Å²) < 4.78 is 6.68. The van der Waals surface area contributed by atoms with E-state index in [2.05, 4.69) is 41.2 Å². The smallest absolute Gasteiger partial charge is 0.0839 e. The first-order valence-corrected chi connectivity index (χ1v) is 8.99. The number of ether oxygens (including phenoxy) is 1. The third-order valence-corrected chi connectivity index (χ3v) is 7.57. The summed E-state index contributed by atoms with van der Waals surface area (Å²) in [6.45, 7) is 16.2. The third-order valence-electron chi connectivity index (χ3n) is 7.57. The van der Waals surface area contributed by atoms with Gasteiger partial charge < -0.3 is 4.74 Å². The average Bonchev–Trinajstić information content (AvgIpc) is 2.36. The lowest BCUT2D eigenvalue weighted by Gasteiger charge is -2.65. The lowest BCUT2D eigenvalue weighted by molar-refractivity contribution is -0.252. The van der Waals surface area contributed by atoms with E-state index in [4.69, 9.17) is 4.74 Å². The molecule has 3 rings (SSSR count). The van der Waals surface area contributed by atoms with Gasteiger partial charge in [-0.25, -0.2) is 0 Å². The summed E-state index contributed by atoms with van der Waals surface area (Å²) in [5.74, 6) is 1.59. The molecule has 0 aromatic carbocycles. The summed E-state index contributed by atoms with van der Waals surface area (Å²) in [6, 6.07) is 0. The van der Waals surface area contributed by atoms with Crippen LogP contribution in [-0.2, 0) is 4.74 Å². The second-order valence-electron chi connectivity index (χ2n) is 9.46. The average molecular weight is 290 g/mol. The highest BCUT2D eigenvalue weighted by Gasteiger charge is 2.61. The number of hydrogen-bond acceptors (Lipinski definition) is 1. The molecule has 1 heterocycles. The van der Waals surface area contributed by atoms with Gasteiger partial charge in [0.15, 0.2) is 0 Å². The highest BCUT2D eigenvalue weighted by molar-refractivity contribution is 5.12. The Kier molecular flexibility index (Phi) is 3.41. The van der Waals surface area contributed by atoms with E-state index in [9.17, 15) is 0 Å². The van der Waals surface area contributed by atoms with Crippen molar-refractivity contribution in [2.45, 2.75) is 90.8 Å². The quantitative estimate of drug-likeness (QED) is 0.559. The minimum absolute atomic E-state index is 0.0554. The van der Waals surface area contributed by atoms with Gasteiger partial charge in [0, 0.05) is 0 Å². The van der Waals surface area contributed by atoms with Crippen molar-refractivity contribution in [2.75, 3.05) is 0 Å². The number of hydrogen-bond donors (Lipinski definition) is 0. The van der Waals surface area contributed by atoms with E-state index in [0.29, 0.717) is 10.8 Å². The molecule has 2 saturated carbocycles. The van der Waals surface area contributed by atoms with Gasteiger partial charge in [-0.3, -0.25) is 0 Å². The molecule has 3 aliphatic rings. The fraction of sp³-hybridized carbons (Fsp3) is 0.900. The SMILES string of the molecule is C=C[C@@]1(C)CC[C@@H]2[C@@]3(C)CCCC(C)(C)[C@H]3CC[C@@]2(C)O1. The Morgan fingerprint density at radius 2 is 1.57 bits per heavy atom. The van der Waals surface area contributed by atoms with Crippen molar-refractivity contribution < 1.29 is 4.74 Å². The van der Waals surface area contributed by atoms with E-state index in [1.807, 2.05) is 6.08 Å². The Hall–Kier alpha value is -0.300. The van der Waals surface area contributed by atoms with Crippen LogP contribution in [0.5, 0.6) is 0 Å². The summed E-state index contributed by atoms with van der Waals surface area (Å²) in [7, 11) is 0. The minimum Gasteiger partial charge on any atom is -0.365 e. The second kappa shape index (κ2) is 4.60. The van der Waals surface area contributed by atoms with Crippen LogP contribution in [0.3, 0.4) is 0 Å². The molecular weight excluding hydrogens is 256 g/mol. The Bertz CT molecular complexity index is 439. The Morgan fingerprint density at radius 3 is 2.24 bits per heavy atom. The van der Waals surface area contributed by atoms with Crippen LogP contribution in [0.15, 0.2) is 12.7 Å². The zero-order chi connectivity index (χ0) is 15.5. The largest absolute Gasteiger partial charge is 0.365 e. The van der Waals surface area contributed by atoms with Crippen molar-refractivity contribution >= 4 is 0 Å². The van der Waals surface area contributed by atoms with E-state index in [-0.39, 0.29) is 11.2 Å². The maximum absolute atomic E-state index is 6.68. The van der Waals surface area contributed by atoms with Crippen LogP contribution >= 0.6 is 0 Å². The van der Waals surface area contributed by atoms with Gasteiger partial charge in [0.05, 0.1) is 11.2 Å². The van der Waals surface area contributed by atoms with Crippen LogP contribution in [0.25, 0.3) is 0 Å². The van der Waals surface area contributed by atoms with Crippen LogP contribution in [0, 0.1) is 22.7 Å². The van der Waals surface area contributed by atoms with E-state index >= 15 is 0 Å². The normalized spacial score (nSPS) is 52.6. The molecule has 21 heavy (non-hydrogen) atoms. The molecular formula is C20H34O. The van der Waals surface area contributed by atoms with Gasteiger partial charge in [-0.2, -0.15) is 0 Å². The molecule has 1 saturated heterocycles. The molecule has 120 valence electrons. The maximum Gasteiger partial charge on any atom is 0.0839 e. The molecule has 0 radical (unpaired) electrons. The Labute approximate surface area is 131 Å². The second-order valence-corrected chi connectivity index (χ2v) is 9.46. The highest BCUT2D eigenvalue weighted by Crippen LogP contribution is 2.65. The molecule has 3 fully saturated rings. The molecule has 0 aromatic rings. The molecule has 0 bridgehead atoms. The molecule has 1 nitrogen and oxygen atoms in total. The van der Waals surface area contributed by atoms with E-state index in [1.165, 1.54) is 38.5 Å². The predicted molar refractivity (Wildman–Crippen MR) is 89.3 cm³/mol. The van der Waals surface area contributed by atoms with Gasteiger partial charge in [-0.05, 0) is 75.0 Å². The van der Waals surface area contributed by atoms with E-state index in [1.54, 1.807) is 0 Å². The lowest BCUT2D eigenvalue weighted by atomic mass is 9.44. The zero-order valence-corrected chi connectivity index (χ0v) is 14.8. The van der Waals surface area contributed by atoms with Crippen LogP contribution in [0.2, 0.25) is 0 Å². The van der Waals surface area contributed by atoms with Crippen LogP contribution in [0.1, 0.15) is 79.6 Å². The summed E-state index contributed by atoms with van der Waals surface area (Å²) >= 11 is 0. The molecule has 1 aliphatic heterocycles. The maximum atomic E-state index is 6.68. The van der Waals surface area contributed by atoms with Crippen molar-refractivity contribution in [1.29, 1.82) is 0 Å². The highest BCUT2D eigenvalue weighted by atomic mass is 16.5. The van der Waals surface area contributed by atoms with Gasteiger partial charge in [-0.15, -0.1) is 6.58 Å². The van der Waals surface area contributed by atoms with Crippen molar-refractivity contribution in [3.05, 3.63) is 12.7 Å². The summed E-state index contributed by atoms with van der Waals surface area (Å²) in [4.78, 5) is 0. The van der Waals surface area contributed by atoms with Crippen molar-refractivity contribution in [1.82, 2.24) is 0 Å². The molecule has 1 heteroatoms. The number of fused-ring (bicyclic) bond motifs is 3. The molecule has 0 N–H and O–H groups in total. The summed E-state index contributed by atoms with van der Waals surface area (Å²) in [5, 5.41) is 0. The molecule has 0 amide bonds. The standard InChI is InChI=1S/C20H34O/c1-7-18(4)13-9-16-19(5)12-8-11-17(2,3)15(19)10-14-20(16,6)21-18/h7,15-16H,1,8-14H2,2-6H3/t15-,16-,18+,19+,20-/m1/s1. The van der Waals surface area contributed by atoms with Crippen molar-refractivity contribution in [3.63, 3.8) is 0 Å². The third kappa shape index (κ3) is 2.22. The zero-order valence-electron chi connectivity index (χ0n) is 14.8. The first-order chi connectivity index (χ1) is 9.65. The van der Waals surface area contributed by atoms with Crippen molar-refractivity contribution in [3.8, 4) is 0 Å². The van der Waals surface area contributed by atoms with Gasteiger partial charge >= 0.3 is 0 Å². The fourth-order valence-electron chi connectivity index (χ4n) is 6.52. The Morgan fingerprint density at radius 1 is 0.905 bits per heavy atom. The molecule has 0 aromatic heterocycles. The first-order valence-electron chi connectivity index (χ1n) is 8.99. The predicted octanol–water partition coefficient (Wildman–Crippen LogP) is 5.74. The van der Waals surface area contributed by atoms with Crippen LogP contribution in [-0.4, -0.2) is 11.2 Å². The molecule has 0 spiro atoms. The molecule has 0 unspecified atom stereocenters. The topological polar surface area (TPSA) is 9.23 Å². The van der Waals surface area contributed by atoms with E-state index < -0.39 is 0 Å². The summed E-state index contributed by atoms with van der Waals surface area (Å²) in [6.07, 6.45) is 11.2. The minimum atomic E-state index is -0.112. The van der Waals surface area contributed by atoms with Crippen molar-refractivity contribution in [2.24, 2.45) is 22.7 Å². The van der Waals surface area contributed by atoms with Gasteiger partial charge in [0.1, 0.15) is 0 Å². The number of rotatable bonds is 1. The van der Waals surface area contributed by atoms with Crippen LogP contribution < -0.4 is 0 Å². The van der Waals surface area contributed by atoms with Crippen LogP contribution in [0.4, 0.5) is 0 Å². The Balaban J connectivity index is 1.94. The van der Waals surface area contributed by atoms with E-state index in [0.717, 1.165) is 18.3 Å². The first kappa shape index (κ1) is 15.6. The summed E-state index contributed by atoms with van der Waals surface area (Å²) in [5.41, 5.74) is 0.920. The molecule has 5 atom stereocenters. The van der Waals surface area contributed by atoms with Gasteiger partial charge in [-0.1, -0.05) is 33.3 Å². The molecule has 2 aliphatic carbocycles. The van der Waals surface area contributed by atoms with Gasteiger partial charge in [0.25, 0.3) is 0 Å².